The molecule has 9 nitrogen and oxygen atoms in total. The van der Waals surface area contributed by atoms with Crippen LogP contribution in [0.25, 0.3) is 28.1 Å². The number of piperazine rings is 1. The molecule has 5 aromatic rings. The lowest BCUT2D eigenvalue weighted by atomic mass is 10.1. The number of aryl methyl sites for hydroxylation is 1. The predicted octanol–water partition coefficient (Wildman–Crippen LogP) is 4.63. The van der Waals surface area contributed by atoms with Gasteiger partial charge in [0.2, 0.25) is 0 Å². The van der Waals surface area contributed by atoms with Crippen molar-refractivity contribution in [2.75, 3.05) is 33.2 Å². The second kappa shape index (κ2) is 11.1. The van der Waals surface area contributed by atoms with Crippen LogP contribution in [0, 0.1) is 6.92 Å². The molecular formula is C30H30N8O. The van der Waals surface area contributed by atoms with Gasteiger partial charge in [-0.3, -0.25) is 9.88 Å². The van der Waals surface area contributed by atoms with Gasteiger partial charge in [-0.15, -0.1) is 5.10 Å². The first kappa shape index (κ1) is 24.8. The highest BCUT2D eigenvalue weighted by molar-refractivity contribution is 5.60. The SMILES string of the molecule is Cc1ccc(-n2cc(-c3cccc(CN4CCN(C)CC4)c3)nn2)cc1Oc1ncc(-c2cccnc2)cn1. The summed E-state index contributed by atoms with van der Waals surface area (Å²) < 4.78 is 7.81. The molecule has 1 aliphatic rings. The van der Waals surface area contributed by atoms with Crippen LogP contribution in [0.5, 0.6) is 11.8 Å². The van der Waals surface area contributed by atoms with Crippen molar-refractivity contribution < 1.29 is 4.74 Å². The third-order valence-corrected chi connectivity index (χ3v) is 6.98. The first-order valence-electron chi connectivity index (χ1n) is 13.0. The highest BCUT2D eigenvalue weighted by Gasteiger charge is 2.15. The Labute approximate surface area is 227 Å². The van der Waals surface area contributed by atoms with Gasteiger partial charge in [0.1, 0.15) is 11.4 Å². The fourth-order valence-electron chi connectivity index (χ4n) is 4.61. The van der Waals surface area contributed by atoms with E-state index in [4.69, 9.17) is 4.74 Å². The van der Waals surface area contributed by atoms with Gasteiger partial charge in [-0.05, 0) is 43.3 Å². The van der Waals surface area contributed by atoms with Crippen molar-refractivity contribution in [3.05, 3.63) is 96.7 Å². The van der Waals surface area contributed by atoms with Crippen LogP contribution in [0.1, 0.15) is 11.1 Å². The summed E-state index contributed by atoms with van der Waals surface area (Å²) in [5.41, 5.74) is 6.81. The van der Waals surface area contributed by atoms with Crippen molar-refractivity contribution in [2.45, 2.75) is 13.5 Å². The molecule has 6 rings (SSSR count). The number of pyridine rings is 1. The van der Waals surface area contributed by atoms with E-state index in [2.05, 4.69) is 66.4 Å². The summed E-state index contributed by atoms with van der Waals surface area (Å²) >= 11 is 0. The van der Waals surface area contributed by atoms with Crippen LogP contribution < -0.4 is 4.74 Å². The van der Waals surface area contributed by atoms with E-state index in [1.807, 2.05) is 43.5 Å². The van der Waals surface area contributed by atoms with E-state index in [1.54, 1.807) is 29.5 Å². The van der Waals surface area contributed by atoms with Crippen molar-refractivity contribution >= 4 is 0 Å². The first-order chi connectivity index (χ1) is 19.1. The molecule has 0 amide bonds. The summed E-state index contributed by atoms with van der Waals surface area (Å²) in [6.07, 6.45) is 8.94. The average Bonchev–Trinajstić information content (AvgIpc) is 3.47. The lowest BCUT2D eigenvalue weighted by Gasteiger charge is -2.32. The molecule has 1 fully saturated rings. The van der Waals surface area contributed by atoms with Gasteiger partial charge in [-0.1, -0.05) is 35.5 Å². The minimum absolute atomic E-state index is 0.277. The molecule has 2 aromatic carbocycles. The number of hydrogen-bond donors (Lipinski definition) is 0. The summed E-state index contributed by atoms with van der Waals surface area (Å²) in [5.74, 6) is 0.660. The predicted molar refractivity (Wildman–Crippen MR) is 150 cm³/mol. The summed E-state index contributed by atoms with van der Waals surface area (Å²) in [4.78, 5) is 17.8. The Hall–Kier alpha value is -4.47. The largest absolute Gasteiger partial charge is 0.424 e. The van der Waals surface area contributed by atoms with Crippen molar-refractivity contribution in [1.29, 1.82) is 0 Å². The van der Waals surface area contributed by atoms with Crippen LogP contribution in [0.15, 0.2) is 85.6 Å². The molecule has 0 unspecified atom stereocenters. The molecule has 9 heteroatoms. The topological polar surface area (TPSA) is 85.1 Å². The fourth-order valence-corrected chi connectivity index (χ4v) is 4.61. The maximum Gasteiger partial charge on any atom is 0.321 e. The van der Waals surface area contributed by atoms with Gasteiger partial charge >= 0.3 is 6.01 Å². The zero-order valence-electron chi connectivity index (χ0n) is 22.1. The lowest BCUT2D eigenvalue weighted by Crippen LogP contribution is -2.43. The average molecular weight is 519 g/mol. The Balaban J connectivity index is 1.17. The molecule has 4 heterocycles. The third-order valence-electron chi connectivity index (χ3n) is 6.98. The highest BCUT2D eigenvalue weighted by atomic mass is 16.5. The highest BCUT2D eigenvalue weighted by Crippen LogP contribution is 2.27. The van der Waals surface area contributed by atoms with E-state index in [0.29, 0.717) is 5.75 Å². The molecule has 0 atom stereocenters. The van der Waals surface area contributed by atoms with E-state index in [9.17, 15) is 0 Å². The zero-order chi connectivity index (χ0) is 26.6. The van der Waals surface area contributed by atoms with E-state index in [0.717, 1.165) is 66.4 Å². The van der Waals surface area contributed by atoms with E-state index in [-0.39, 0.29) is 6.01 Å². The maximum absolute atomic E-state index is 6.04. The van der Waals surface area contributed by atoms with Crippen LogP contribution in [-0.2, 0) is 6.54 Å². The maximum atomic E-state index is 6.04. The Kier molecular flexibility index (Phi) is 7.07. The molecule has 196 valence electrons. The van der Waals surface area contributed by atoms with E-state index >= 15 is 0 Å². The molecule has 39 heavy (non-hydrogen) atoms. The molecule has 0 saturated carbocycles. The third kappa shape index (κ3) is 5.84. The Morgan fingerprint density at radius 1 is 0.846 bits per heavy atom. The Bertz CT molecular complexity index is 1540. The van der Waals surface area contributed by atoms with E-state index in [1.165, 1.54) is 5.56 Å². The standard InChI is InChI=1S/C30H30N8O/c1-22-8-9-27(16-29(22)39-30-32-18-26(19-33-30)25-7-4-10-31-17-25)38-21-28(34-35-38)24-6-3-5-23(15-24)20-37-13-11-36(2)12-14-37/h3-10,15-19,21H,11-14,20H2,1-2H3. The molecule has 0 bridgehead atoms. The van der Waals surface area contributed by atoms with Crippen LogP contribution in [0.4, 0.5) is 0 Å². The number of aromatic nitrogens is 6. The number of benzene rings is 2. The number of hydrogen-bond acceptors (Lipinski definition) is 8. The van der Waals surface area contributed by atoms with Crippen molar-refractivity contribution in [3.8, 4) is 39.8 Å². The molecule has 0 aliphatic carbocycles. The number of likely N-dealkylation sites (N-methyl/N-ethyl adjacent to an activating group) is 1. The van der Waals surface area contributed by atoms with Gasteiger partial charge in [0, 0.05) is 80.3 Å². The number of rotatable bonds is 7. The molecule has 0 spiro atoms. The van der Waals surface area contributed by atoms with Gasteiger partial charge in [-0.25, -0.2) is 14.6 Å². The van der Waals surface area contributed by atoms with Gasteiger partial charge in [-0.2, -0.15) is 0 Å². The van der Waals surface area contributed by atoms with Crippen LogP contribution in [0.2, 0.25) is 0 Å². The minimum Gasteiger partial charge on any atom is -0.424 e. The van der Waals surface area contributed by atoms with Gasteiger partial charge in [0.25, 0.3) is 0 Å². The number of nitrogens with zero attached hydrogens (tertiary/aromatic N) is 8. The summed E-state index contributed by atoms with van der Waals surface area (Å²) in [6.45, 7) is 7.34. The van der Waals surface area contributed by atoms with Gasteiger partial charge in [0.15, 0.2) is 0 Å². The summed E-state index contributed by atoms with van der Waals surface area (Å²) in [7, 11) is 2.18. The molecule has 3 aromatic heterocycles. The van der Waals surface area contributed by atoms with Gasteiger partial charge in [0.05, 0.1) is 11.9 Å². The molecule has 0 radical (unpaired) electrons. The first-order valence-corrected chi connectivity index (χ1v) is 13.0. The summed E-state index contributed by atoms with van der Waals surface area (Å²) in [5, 5.41) is 8.85. The smallest absolute Gasteiger partial charge is 0.321 e. The Morgan fingerprint density at radius 3 is 2.46 bits per heavy atom. The lowest BCUT2D eigenvalue weighted by molar-refractivity contribution is 0.148. The van der Waals surface area contributed by atoms with Crippen molar-refractivity contribution in [2.24, 2.45) is 0 Å². The van der Waals surface area contributed by atoms with Crippen LogP contribution in [0.3, 0.4) is 0 Å². The normalized spacial score (nSPS) is 14.4. The molecule has 0 N–H and O–H groups in total. The molecular weight excluding hydrogens is 488 g/mol. The quantitative estimate of drug-likeness (QED) is 0.308. The molecule has 1 aliphatic heterocycles. The second-order valence-corrected chi connectivity index (χ2v) is 9.88. The van der Waals surface area contributed by atoms with Crippen molar-refractivity contribution in [3.63, 3.8) is 0 Å². The van der Waals surface area contributed by atoms with E-state index < -0.39 is 0 Å². The van der Waals surface area contributed by atoms with Crippen molar-refractivity contribution in [1.82, 2.24) is 39.7 Å². The fraction of sp³-hybridized carbons (Fsp3) is 0.233. The van der Waals surface area contributed by atoms with Crippen LogP contribution in [-0.4, -0.2) is 73.0 Å². The molecule has 1 saturated heterocycles. The zero-order valence-corrected chi connectivity index (χ0v) is 22.1. The number of ether oxygens (including phenoxy) is 1. The second-order valence-electron chi connectivity index (χ2n) is 9.88. The van der Waals surface area contributed by atoms with Crippen LogP contribution >= 0.6 is 0 Å². The van der Waals surface area contributed by atoms with Gasteiger partial charge < -0.3 is 9.64 Å². The minimum atomic E-state index is 0.277. The summed E-state index contributed by atoms with van der Waals surface area (Å²) in [6, 6.07) is 18.6. The Morgan fingerprint density at radius 2 is 1.67 bits per heavy atom. The monoisotopic (exact) mass is 518 g/mol.